The first-order chi connectivity index (χ1) is 22.0. The molecule has 1 aromatic carbocycles. The molecular weight excluding hydrogens is 637 g/mol. The number of unbranched alkanes of at least 4 members (excludes halogenated alkanes) is 1. The van der Waals surface area contributed by atoms with Gasteiger partial charge in [0.2, 0.25) is 0 Å². The third-order valence-corrected chi connectivity index (χ3v) is 10.2. The second-order valence-corrected chi connectivity index (χ2v) is 16.1. The molecule has 4 rings (SSSR count). The largest absolute Gasteiger partial charge is 0.458 e. The number of aromatic amines is 1. The molecule has 47 heavy (non-hydrogen) atoms. The molecule has 0 saturated heterocycles. The van der Waals surface area contributed by atoms with Crippen molar-refractivity contribution in [3.63, 3.8) is 0 Å². The predicted octanol–water partition coefficient (Wildman–Crippen LogP) is 10.4. The van der Waals surface area contributed by atoms with Crippen molar-refractivity contribution in [3.05, 3.63) is 56.4 Å². The number of anilines is 1. The van der Waals surface area contributed by atoms with Crippen molar-refractivity contribution in [1.29, 1.82) is 0 Å². The van der Waals surface area contributed by atoms with Crippen molar-refractivity contribution in [1.82, 2.24) is 9.38 Å². The number of nitrogens with one attached hydrogen (secondary N) is 2. The molecule has 2 N–H and O–H groups in total. The molecule has 1 aliphatic rings. The van der Waals surface area contributed by atoms with Gasteiger partial charge < -0.3 is 14.5 Å². The number of carbonyl (C=O) groups excluding carboxylic acids is 2. The molecule has 2 aromatic heterocycles. The summed E-state index contributed by atoms with van der Waals surface area (Å²) in [4.78, 5) is 44.2. The Morgan fingerprint density at radius 2 is 1.62 bits per heavy atom. The van der Waals surface area contributed by atoms with Gasteiger partial charge in [0.1, 0.15) is 34.4 Å². The molecule has 8 nitrogen and oxygen atoms in total. The fourth-order valence-corrected chi connectivity index (χ4v) is 7.48. The van der Waals surface area contributed by atoms with Gasteiger partial charge >= 0.3 is 12.1 Å². The Morgan fingerprint density at radius 1 is 1.02 bits per heavy atom. The first-order valence-electron chi connectivity index (χ1n) is 16.9. The highest BCUT2D eigenvalue weighted by molar-refractivity contribution is 6.34. The SMILES string of the molecule is CCCCC(CC)OC(=O)Nc1cc(=O)n2c(Cl)c(-c3ccc(Cl)cc3)c(C(=O)OC3C(C(C)(C)C)CC(C)CC3C(C)(C)C)c2[nH]1. The standard InChI is InChI=1S/C37H51Cl2N3O5/c1-10-12-13-24(11-2)46-35(45)41-27-20-28(43)42-32(39)29(22-14-16-23(38)17-15-22)30(33(42)40-27)34(44)47-31-25(36(4,5)6)18-21(3)19-26(31)37(7,8)9/h14-17,20-21,24-26,31,40H,10-13,18-19H2,1-9H3,(H,41,45). The van der Waals surface area contributed by atoms with E-state index in [-0.39, 0.29) is 57.1 Å². The molecule has 1 aliphatic carbocycles. The summed E-state index contributed by atoms with van der Waals surface area (Å²) in [6.07, 6.45) is 3.88. The van der Waals surface area contributed by atoms with E-state index in [4.69, 9.17) is 32.7 Å². The fraction of sp³-hybridized carbons (Fsp3) is 0.595. The monoisotopic (exact) mass is 687 g/mol. The van der Waals surface area contributed by atoms with Crippen LogP contribution in [0.4, 0.5) is 10.6 Å². The molecule has 258 valence electrons. The summed E-state index contributed by atoms with van der Waals surface area (Å²) in [6, 6.07) is 8.12. The lowest BCUT2D eigenvalue weighted by molar-refractivity contribution is -0.0922. The number of hydrogen-bond acceptors (Lipinski definition) is 5. The molecular formula is C37H51Cl2N3O5. The van der Waals surface area contributed by atoms with Crippen LogP contribution in [0.2, 0.25) is 10.2 Å². The number of nitrogens with zero attached hydrogens (tertiary/aromatic N) is 1. The summed E-state index contributed by atoms with van der Waals surface area (Å²) in [6.45, 7) is 19.5. The van der Waals surface area contributed by atoms with E-state index >= 15 is 0 Å². The van der Waals surface area contributed by atoms with Crippen molar-refractivity contribution < 1.29 is 19.1 Å². The van der Waals surface area contributed by atoms with Gasteiger partial charge in [0.25, 0.3) is 5.56 Å². The van der Waals surface area contributed by atoms with Crippen molar-refractivity contribution >= 4 is 46.7 Å². The zero-order valence-electron chi connectivity index (χ0n) is 29.3. The van der Waals surface area contributed by atoms with Crippen LogP contribution in [-0.4, -0.2) is 33.7 Å². The lowest BCUT2D eigenvalue weighted by Gasteiger charge is -2.50. The van der Waals surface area contributed by atoms with Crippen LogP contribution < -0.4 is 10.9 Å². The van der Waals surface area contributed by atoms with Crippen LogP contribution in [-0.2, 0) is 9.47 Å². The quantitative estimate of drug-likeness (QED) is 0.218. The highest BCUT2D eigenvalue weighted by atomic mass is 35.5. The number of fused-ring (bicyclic) bond motifs is 1. The maximum absolute atomic E-state index is 14.6. The van der Waals surface area contributed by atoms with Crippen LogP contribution in [0, 0.1) is 28.6 Å². The smallest absolute Gasteiger partial charge is 0.413 e. The van der Waals surface area contributed by atoms with E-state index < -0.39 is 17.6 Å². The van der Waals surface area contributed by atoms with Gasteiger partial charge in [-0.25, -0.2) is 9.59 Å². The number of halogens is 2. The molecule has 3 atom stereocenters. The average molecular weight is 689 g/mol. The number of rotatable bonds is 9. The molecule has 3 aromatic rings. The van der Waals surface area contributed by atoms with E-state index in [0.29, 0.717) is 28.5 Å². The maximum atomic E-state index is 14.6. The molecule has 1 amide bonds. The van der Waals surface area contributed by atoms with Gasteiger partial charge in [-0.15, -0.1) is 0 Å². The Hall–Kier alpha value is -2.97. The van der Waals surface area contributed by atoms with E-state index in [9.17, 15) is 14.4 Å². The Bertz CT molecular complexity index is 1610. The summed E-state index contributed by atoms with van der Waals surface area (Å²) in [5.41, 5.74) is 0.391. The van der Waals surface area contributed by atoms with Crippen LogP contribution >= 0.6 is 23.2 Å². The second-order valence-electron chi connectivity index (χ2n) is 15.3. The van der Waals surface area contributed by atoms with Crippen molar-refractivity contribution in [2.45, 2.75) is 113 Å². The topological polar surface area (TPSA) is 102 Å². The van der Waals surface area contributed by atoms with Gasteiger partial charge in [-0.2, -0.15) is 0 Å². The van der Waals surface area contributed by atoms with Crippen molar-refractivity contribution in [2.24, 2.45) is 28.6 Å². The first kappa shape index (κ1) is 36.9. The summed E-state index contributed by atoms with van der Waals surface area (Å²) in [5.74, 6) is 0.173. The minimum Gasteiger partial charge on any atom is -0.458 e. The minimum atomic E-state index is -0.690. The number of H-pyrrole nitrogens is 1. The molecule has 1 saturated carbocycles. The minimum absolute atomic E-state index is 0.0484. The summed E-state index contributed by atoms with van der Waals surface area (Å²) in [7, 11) is 0. The average Bonchev–Trinajstić information content (AvgIpc) is 3.27. The van der Waals surface area contributed by atoms with Crippen LogP contribution in [0.5, 0.6) is 0 Å². The number of esters is 1. The van der Waals surface area contributed by atoms with Crippen LogP contribution in [0.1, 0.15) is 111 Å². The lowest BCUT2D eigenvalue weighted by atomic mass is 9.59. The second kappa shape index (κ2) is 14.7. The normalized spacial score (nSPS) is 21.0. The van der Waals surface area contributed by atoms with E-state index in [2.05, 4.69) is 65.7 Å². The van der Waals surface area contributed by atoms with E-state index in [1.807, 2.05) is 6.92 Å². The zero-order chi connectivity index (χ0) is 34.8. The number of carbonyl (C=O) groups is 2. The molecule has 0 aliphatic heterocycles. The number of amides is 1. The van der Waals surface area contributed by atoms with Gasteiger partial charge in [0.05, 0.1) is 0 Å². The Kier molecular flexibility index (Phi) is 11.5. The highest BCUT2D eigenvalue weighted by Crippen LogP contribution is 2.50. The van der Waals surface area contributed by atoms with Gasteiger partial charge in [0, 0.05) is 28.5 Å². The van der Waals surface area contributed by atoms with Crippen molar-refractivity contribution in [3.8, 4) is 11.1 Å². The van der Waals surface area contributed by atoms with Crippen molar-refractivity contribution in [2.75, 3.05) is 5.32 Å². The van der Waals surface area contributed by atoms with E-state index in [1.54, 1.807) is 24.3 Å². The molecule has 0 radical (unpaired) electrons. The first-order valence-corrected chi connectivity index (χ1v) is 17.6. The van der Waals surface area contributed by atoms with Crippen LogP contribution in [0.15, 0.2) is 35.1 Å². The molecule has 1 fully saturated rings. The Balaban J connectivity index is 1.85. The summed E-state index contributed by atoms with van der Waals surface area (Å²) >= 11 is 13.1. The lowest BCUT2D eigenvalue weighted by Crippen LogP contribution is -2.49. The maximum Gasteiger partial charge on any atom is 0.413 e. The number of aromatic nitrogens is 2. The highest BCUT2D eigenvalue weighted by Gasteiger charge is 2.48. The molecule has 0 bridgehead atoms. The fourth-order valence-electron chi connectivity index (χ4n) is 6.99. The molecule has 2 heterocycles. The van der Waals surface area contributed by atoms with E-state index in [0.717, 1.165) is 32.1 Å². The van der Waals surface area contributed by atoms with E-state index in [1.165, 1.54) is 10.5 Å². The van der Waals surface area contributed by atoms with Gasteiger partial charge in [0.15, 0.2) is 0 Å². The van der Waals surface area contributed by atoms with Gasteiger partial charge in [-0.3, -0.25) is 14.5 Å². The molecule has 10 heteroatoms. The predicted molar refractivity (Wildman–Crippen MR) is 191 cm³/mol. The molecule has 0 spiro atoms. The van der Waals surface area contributed by atoms with Gasteiger partial charge in [-0.1, -0.05) is 110 Å². The Labute approximate surface area is 288 Å². The molecule has 3 unspecified atom stereocenters. The summed E-state index contributed by atoms with van der Waals surface area (Å²) in [5, 5.41) is 3.22. The summed E-state index contributed by atoms with van der Waals surface area (Å²) < 4.78 is 13.5. The van der Waals surface area contributed by atoms with Crippen LogP contribution in [0.25, 0.3) is 16.8 Å². The zero-order valence-corrected chi connectivity index (χ0v) is 30.8. The number of hydrogen-bond donors (Lipinski definition) is 2. The third-order valence-electron chi connectivity index (χ3n) is 9.61. The number of ether oxygens (including phenoxy) is 2. The third kappa shape index (κ3) is 8.37. The number of benzene rings is 1. The van der Waals surface area contributed by atoms with Gasteiger partial charge in [-0.05, 0) is 60.1 Å². The Morgan fingerprint density at radius 3 is 2.15 bits per heavy atom. The van der Waals surface area contributed by atoms with Crippen LogP contribution in [0.3, 0.4) is 0 Å².